The number of aliphatic hydroxyl groups is 1. The molecule has 5 heteroatoms. The second kappa shape index (κ2) is 7.84. The minimum Gasteiger partial charge on any atom is -0.395 e. The lowest BCUT2D eigenvalue weighted by atomic mass is 10.2. The highest BCUT2D eigenvalue weighted by atomic mass is 35.5. The average Bonchev–Trinajstić information content (AvgIpc) is 2.94. The Bertz CT molecular complexity index is 668. The summed E-state index contributed by atoms with van der Waals surface area (Å²) in [7, 11) is 0. The predicted molar refractivity (Wildman–Crippen MR) is 85.5 cm³/mol. The van der Waals surface area contributed by atoms with Gasteiger partial charge in [-0.15, -0.1) is 11.3 Å². The number of rotatable bonds is 4. The van der Waals surface area contributed by atoms with Crippen molar-refractivity contribution in [2.24, 2.45) is 0 Å². The topological polar surface area (TPSA) is 49.3 Å². The molecule has 0 aliphatic carbocycles. The first-order valence-corrected chi connectivity index (χ1v) is 7.60. The summed E-state index contributed by atoms with van der Waals surface area (Å²) in [4.78, 5) is 13.9. The van der Waals surface area contributed by atoms with Crippen LogP contribution in [0.5, 0.6) is 0 Å². The van der Waals surface area contributed by atoms with Crippen LogP contribution >= 0.6 is 22.9 Å². The first kappa shape index (κ1) is 15.6. The van der Waals surface area contributed by atoms with Crippen molar-refractivity contribution in [2.45, 2.75) is 13.0 Å². The summed E-state index contributed by atoms with van der Waals surface area (Å²) in [5, 5.41) is 12.1. The number of hydrogen-bond acceptors (Lipinski definition) is 3. The minimum atomic E-state index is -0.131. The average molecular weight is 320 g/mol. The summed E-state index contributed by atoms with van der Waals surface area (Å²) in [6, 6.07) is 10.6. The summed E-state index contributed by atoms with van der Waals surface area (Å²) in [6.45, 7) is 0.538. The van der Waals surface area contributed by atoms with Crippen LogP contribution in [-0.4, -0.2) is 17.6 Å². The van der Waals surface area contributed by atoms with E-state index in [4.69, 9.17) is 16.7 Å². The van der Waals surface area contributed by atoms with Gasteiger partial charge in [0.05, 0.1) is 18.0 Å². The van der Waals surface area contributed by atoms with E-state index in [1.165, 1.54) is 11.3 Å². The fraction of sp³-hybridized carbons (Fsp3) is 0.188. The Hall–Kier alpha value is -1.80. The smallest absolute Gasteiger partial charge is 0.251 e. The van der Waals surface area contributed by atoms with Gasteiger partial charge in [0.2, 0.25) is 0 Å². The third kappa shape index (κ3) is 4.91. The number of nitrogens with one attached hydrogen (secondary N) is 1. The van der Waals surface area contributed by atoms with Gasteiger partial charge in [0.1, 0.15) is 0 Å². The van der Waals surface area contributed by atoms with Crippen molar-refractivity contribution >= 4 is 28.8 Å². The van der Waals surface area contributed by atoms with Crippen molar-refractivity contribution < 1.29 is 9.90 Å². The molecule has 21 heavy (non-hydrogen) atoms. The Morgan fingerprint density at radius 1 is 1.24 bits per heavy atom. The van der Waals surface area contributed by atoms with Crippen LogP contribution in [0.1, 0.15) is 26.5 Å². The molecule has 108 valence electrons. The van der Waals surface area contributed by atoms with E-state index in [1.807, 2.05) is 12.1 Å². The molecule has 0 fully saturated rings. The van der Waals surface area contributed by atoms with Crippen LogP contribution in [0.2, 0.25) is 5.02 Å². The second-order valence-electron chi connectivity index (χ2n) is 4.23. The maximum atomic E-state index is 11.9. The van der Waals surface area contributed by atoms with Gasteiger partial charge in [-0.1, -0.05) is 23.4 Å². The first-order valence-electron chi connectivity index (χ1n) is 6.41. The highest BCUT2D eigenvalue weighted by Crippen LogP contribution is 2.15. The molecule has 0 radical (unpaired) electrons. The van der Waals surface area contributed by atoms with E-state index in [0.29, 0.717) is 23.6 Å². The largest absolute Gasteiger partial charge is 0.395 e. The molecule has 1 amide bonds. The number of carbonyl (C=O) groups is 1. The molecule has 2 N–H and O–H groups in total. The van der Waals surface area contributed by atoms with E-state index in [0.717, 1.165) is 9.75 Å². The van der Waals surface area contributed by atoms with E-state index < -0.39 is 0 Å². The van der Waals surface area contributed by atoms with Crippen molar-refractivity contribution in [1.82, 2.24) is 5.32 Å². The first-order chi connectivity index (χ1) is 10.2. The van der Waals surface area contributed by atoms with Crippen LogP contribution < -0.4 is 5.32 Å². The minimum absolute atomic E-state index is 0.0718. The maximum absolute atomic E-state index is 11.9. The van der Waals surface area contributed by atoms with Crippen LogP contribution in [0.4, 0.5) is 0 Å². The lowest BCUT2D eigenvalue weighted by Crippen LogP contribution is -2.22. The van der Waals surface area contributed by atoms with Gasteiger partial charge in [-0.2, -0.15) is 0 Å². The van der Waals surface area contributed by atoms with Gasteiger partial charge < -0.3 is 10.4 Å². The molecule has 0 atom stereocenters. The Labute approximate surface area is 132 Å². The number of halogens is 1. The van der Waals surface area contributed by atoms with Gasteiger partial charge in [-0.05, 0) is 36.4 Å². The molecule has 0 saturated heterocycles. The van der Waals surface area contributed by atoms with Gasteiger partial charge >= 0.3 is 0 Å². The fourth-order valence-electron chi connectivity index (χ4n) is 1.62. The Kier molecular flexibility index (Phi) is 5.82. The van der Waals surface area contributed by atoms with Crippen molar-refractivity contribution in [3.63, 3.8) is 0 Å². The highest BCUT2D eigenvalue weighted by Gasteiger charge is 2.05. The van der Waals surface area contributed by atoms with Crippen LogP contribution in [0.25, 0.3) is 0 Å². The molecule has 0 aliphatic heterocycles. The van der Waals surface area contributed by atoms with E-state index >= 15 is 0 Å². The molecule has 1 aromatic carbocycles. The maximum Gasteiger partial charge on any atom is 0.251 e. The molecule has 2 rings (SSSR count). The third-order valence-corrected chi connectivity index (χ3v) is 3.89. The molecule has 0 unspecified atom stereocenters. The number of benzene rings is 1. The molecule has 0 saturated carbocycles. The molecule has 0 bridgehead atoms. The van der Waals surface area contributed by atoms with Crippen LogP contribution in [0, 0.1) is 11.8 Å². The second-order valence-corrected chi connectivity index (χ2v) is 5.84. The molecule has 0 spiro atoms. The SMILES string of the molecule is O=C(NCc1ccc(C#CCCO)s1)c1ccc(Cl)cc1. The van der Waals surface area contributed by atoms with E-state index in [2.05, 4.69) is 17.2 Å². The highest BCUT2D eigenvalue weighted by molar-refractivity contribution is 7.12. The Balaban J connectivity index is 1.90. The normalized spacial score (nSPS) is 9.81. The monoisotopic (exact) mass is 319 g/mol. The van der Waals surface area contributed by atoms with Crippen molar-refractivity contribution in [2.75, 3.05) is 6.61 Å². The lowest BCUT2D eigenvalue weighted by molar-refractivity contribution is 0.0951. The number of thiophene rings is 1. The van der Waals surface area contributed by atoms with Crippen LogP contribution in [-0.2, 0) is 6.54 Å². The Morgan fingerprint density at radius 2 is 2.00 bits per heavy atom. The van der Waals surface area contributed by atoms with Crippen molar-refractivity contribution in [3.8, 4) is 11.8 Å². The number of amides is 1. The van der Waals surface area contributed by atoms with Crippen molar-refractivity contribution in [3.05, 3.63) is 56.7 Å². The number of hydrogen-bond donors (Lipinski definition) is 2. The number of aliphatic hydroxyl groups excluding tert-OH is 1. The van der Waals surface area contributed by atoms with Gasteiger partial charge in [0.25, 0.3) is 5.91 Å². The zero-order chi connectivity index (χ0) is 15.1. The van der Waals surface area contributed by atoms with E-state index in [-0.39, 0.29) is 12.5 Å². The van der Waals surface area contributed by atoms with Gasteiger partial charge in [0.15, 0.2) is 0 Å². The third-order valence-electron chi connectivity index (χ3n) is 2.64. The quantitative estimate of drug-likeness (QED) is 0.851. The standard InChI is InChI=1S/C16H14ClNO2S/c17-13-6-4-12(5-7-13)16(20)18-11-15-9-8-14(21-15)3-1-2-10-19/h4-9,19H,2,10-11H2,(H,18,20). The molecule has 3 nitrogen and oxygen atoms in total. The zero-order valence-corrected chi connectivity index (χ0v) is 12.8. The molecular weight excluding hydrogens is 306 g/mol. The zero-order valence-electron chi connectivity index (χ0n) is 11.2. The summed E-state index contributed by atoms with van der Waals surface area (Å²) >= 11 is 7.32. The number of carbonyl (C=O) groups excluding carboxylic acids is 1. The lowest BCUT2D eigenvalue weighted by Gasteiger charge is -2.03. The Morgan fingerprint density at radius 3 is 2.71 bits per heavy atom. The van der Waals surface area contributed by atoms with E-state index in [1.54, 1.807) is 24.3 Å². The van der Waals surface area contributed by atoms with Gasteiger partial charge in [0, 0.05) is 21.9 Å². The summed E-state index contributed by atoms with van der Waals surface area (Å²) in [5.74, 6) is 5.71. The fourth-order valence-corrected chi connectivity index (χ4v) is 2.56. The molecule has 0 aliphatic rings. The molecule has 1 heterocycles. The molecular formula is C16H14ClNO2S. The molecule has 1 aromatic heterocycles. The molecule has 2 aromatic rings. The van der Waals surface area contributed by atoms with Crippen LogP contribution in [0.3, 0.4) is 0 Å². The van der Waals surface area contributed by atoms with Gasteiger partial charge in [-0.25, -0.2) is 0 Å². The van der Waals surface area contributed by atoms with Crippen LogP contribution in [0.15, 0.2) is 36.4 Å². The summed E-state index contributed by atoms with van der Waals surface area (Å²) in [5.41, 5.74) is 0.582. The summed E-state index contributed by atoms with van der Waals surface area (Å²) < 4.78 is 0. The van der Waals surface area contributed by atoms with Gasteiger partial charge in [-0.3, -0.25) is 4.79 Å². The predicted octanol–water partition coefficient (Wildman–Crippen LogP) is 3.07. The summed E-state index contributed by atoms with van der Waals surface area (Å²) in [6.07, 6.45) is 0.473. The van der Waals surface area contributed by atoms with Crippen molar-refractivity contribution in [1.29, 1.82) is 0 Å². The van der Waals surface area contributed by atoms with E-state index in [9.17, 15) is 4.79 Å².